The molecule has 0 unspecified atom stereocenters. The largest absolute Gasteiger partial charge is 0.486 e. The summed E-state index contributed by atoms with van der Waals surface area (Å²) in [5, 5.41) is 4.41. The van der Waals surface area contributed by atoms with E-state index in [0.29, 0.717) is 13.2 Å². The number of ether oxygens (including phenoxy) is 2. The Labute approximate surface area is 159 Å². The molecule has 0 saturated carbocycles. The highest BCUT2D eigenvalue weighted by Gasteiger charge is 2.12. The lowest BCUT2D eigenvalue weighted by atomic mass is 10.1. The van der Waals surface area contributed by atoms with Gasteiger partial charge in [-0.1, -0.05) is 13.0 Å². The van der Waals surface area contributed by atoms with E-state index in [1.54, 1.807) is 0 Å². The summed E-state index contributed by atoms with van der Waals surface area (Å²) < 4.78 is 15.4. The Hall–Kier alpha value is -2.47. The van der Waals surface area contributed by atoms with Crippen molar-refractivity contribution >= 4 is 12.4 Å². The fourth-order valence-corrected chi connectivity index (χ4v) is 3.08. The van der Waals surface area contributed by atoms with E-state index in [1.807, 2.05) is 29.5 Å². The predicted molar refractivity (Wildman–Crippen MR) is 102 cm³/mol. The maximum Gasteiger partial charge on any atom is 0.161 e. The van der Waals surface area contributed by atoms with Crippen LogP contribution in [0.25, 0.3) is 11.3 Å². The van der Waals surface area contributed by atoms with Crippen LogP contribution >= 0.6 is 12.4 Å². The van der Waals surface area contributed by atoms with Crippen LogP contribution in [0.4, 0.5) is 0 Å². The molecule has 2 aromatic heterocycles. The zero-order valence-electron chi connectivity index (χ0n) is 14.8. The minimum Gasteiger partial charge on any atom is -0.486 e. The third-order valence-electron chi connectivity index (χ3n) is 4.34. The molecule has 0 bridgehead atoms. The zero-order chi connectivity index (χ0) is 17.1. The van der Waals surface area contributed by atoms with Gasteiger partial charge in [-0.05, 0) is 30.5 Å². The summed E-state index contributed by atoms with van der Waals surface area (Å²) in [6, 6.07) is 6.17. The van der Waals surface area contributed by atoms with Gasteiger partial charge in [0.15, 0.2) is 11.5 Å². The molecule has 0 fully saturated rings. The van der Waals surface area contributed by atoms with Crippen LogP contribution in [0.3, 0.4) is 0 Å². The molecule has 7 heteroatoms. The summed E-state index contributed by atoms with van der Waals surface area (Å²) >= 11 is 0. The monoisotopic (exact) mass is 374 g/mol. The Morgan fingerprint density at radius 3 is 2.77 bits per heavy atom. The Morgan fingerprint density at radius 1 is 1.08 bits per heavy atom. The van der Waals surface area contributed by atoms with Gasteiger partial charge in [0, 0.05) is 24.8 Å². The van der Waals surface area contributed by atoms with E-state index in [1.165, 1.54) is 5.56 Å². The van der Waals surface area contributed by atoms with Crippen molar-refractivity contribution < 1.29 is 9.47 Å². The number of hydrogen-bond donors (Lipinski definition) is 0. The third-order valence-corrected chi connectivity index (χ3v) is 4.34. The van der Waals surface area contributed by atoms with Gasteiger partial charge < -0.3 is 14.0 Å². The third kappa shape index (κ3) is 3.85. The second-order valence-corrected chi connectivity index (χ2v) is 6.19. The summed E-state index contributed by atoms with van der Waals surface area (Å²) in [5.74, 6) is 1.68. The molecule has 0 spiro atoms. The highest BCUT2D eigenvalue weighted by Crippen LogP contribution is 2.31. The van der Waals surface area contributed by atoms with Crippen LogP contribution in [-0.2, 0) is 19.5 Å². The standard InChI is InChI=1S/C19H22N4O2.ClH/c1-2-6-23-13-16(11-21-23)17-12-20-14-22(17)7-5-15-3-4-18-19(10-15)25-9-8-24-18;/h3-4,10-14H,2,5-9H2,1H3;1H. The molecule has 1 aliphatic heterocycles. The van der Waals surface area contributed by atoms with Crippen LogP contribution in [-0.4, -0.2) is 32.5 Å². The normalized spacial score (nSPS) is 12.7. The van der Waals surface area contributed by atoms with Crippen molar-refractivity contribution in [1.29, 1.82) is 0 Å². The van der Waals surface area contributed by atoms with E-state index in [-0.39, 0.29) is 12.4 Å². The van der Waals surface area contributed by atoms with E-state index < -0.39 is 0 Å². The number of halogens is 1. The Bertz CT molecular complexity index is 859. The van der Waals surface area contributed by atoms with Gasteiger partial charge in [0.2, 0.25) is 0 Å². The molecule has 3 heterocycles. The minimum atomic E-state index is 0. The Balaban J connectivity index is 0.00000196. The van der Waals surface area contributed by atoms with Gasteiger partial charge >= 0.3 is 0 Å². The predicted octanol–water partition coefficient (Wildman–Crippen LogP) is 3.59. The summed E-state index contributed by atoms with van der Waals surface area (Å²) in [4.78, 5) is 4.32. The molecule has 0 saturated heterocycles. The lowest BCUT2D eigenvalue weighted by Gasteiger charge is -2.19. The molecule has 1 aliphatic rings. The molecule has 0 atom stereocenters. The number of rotatable bonds is 6. The molecule has 138 valence electrons. The summed E-state index contributed by atoms with van der Waals surface area (Å²) in [7, 11) is 0. The average Bonchev–Trinajstić information content (AvgIpc) is 3.29. The van der Waals surface area contributed by atoms with Gasteiger partial charge in [0.1, 0.15) is 13.2 Å². The van der Waals surface area contributed by atoms with Gasteiger partial charge in [-0.3, -0.25) is 4.68 Å². The van der Waals surface area contributed by atoms with E-state index >= 15 is 0 Å². The topological polar surface area (TPSA) is 54.1 Å². The quantitative estimate of drug-likeness (QED) is 0.661. The summed E-state index contributed by atoms with van der Waals surface area (Å²) in [6.07, 6.45) is 9.75. The number of aryl methyl sites for hydroxylation is 3. The first-order chi connectivity index (χ1) is 12.3. The van der Waals surface area contributed by atoms with Crippen LogP contribution in [0.15, 0.2) is 43.1 Å². The average molecular weight is 375 g/mol. The van der Waals surface area contributed by atoms with E-state index in [2.05, 4.69) is 39.9 Å². The number of aromatic nitrogens is 4. The highest BCUT2D eigenvalue weighted by molar-refractivity contribution is 5.85. The van der Waals surface area contributed by atoms with Crippen molar-refractivity contribution in [2.45, 2.75) is 32.9 Å². The molecule has 26 heavy (non-hydrogen) atoms. The van der Waals surface area contributed by atoms with E-state index in [4.69, 9.17) is 9.47 Å². The fourth-order valence-electron chi connectivity index (χ4n) is 3.08. The second-order valence-electron chi connectivity index (χ2n) is 6.19. The summed E-state index contributed by atoms with van der Waals surface area (Å²) in [5.41, 5.74) is 3.43. The van der Waals surface area contributed by atoms with Crippen LogP contribution in [0.2, 0.25) is 0 Å². The number of hydrogen-bond acceptors (Lipinski definition) is 4. The Kier molecular flexibility index (Phi) is 5.83. The molecule has 1 aromatic carbocycles. The SMILES string of the molecule is CCCn1cc(-c2cncn2CCc2ccc3c(c2)OCCO3)cn1.Cl. The molecule has 0 amide bonds. The van der Waals surface area contributed by atoms with Crippen LogP contribution in [0.5, 0.6) is 11.5 Å². The van der Waals surface area contributed by atoms with Gasteiger partial charge in [0.25, 0.3) is 0 Å². The first kappa shape index (κ1) is 18.3. The molecule has 0 N–H and O–H groups in total. The van der Waals surface area contributed by atoms with E-state index in [0.717, 1.165) is 48.7 Å². The van der Waals surface area contributed by atoms with Crippen molar-refractivity contribution in [3.63, 3.8) is 0 Å². The number of imidazole rings is 1. The van der Waals surface area contributed by atoms with Crippen molar-refractivity contribution in [3.8, 4) is 22.8 Å². The van der Waals surface area contributed by atoms with Gasteiger partial charge in [-0.25, -0.2) is 4.98 Å². The van der Waals surface area contributed by atoms with Gasteiger partial charge in [-0.2, -0.15) is 5.10 Å². The van der Waals surface area contributed by atoms with Crippen LogP contribution in [0.1, 0.15) is 18.9 Å². The first-order valence-corrected chi connectivity index (χ1v) is 8.75. The molecule has 3 aromatic rings. The summed E-state index contributed by atoms with van der Waals surface area (Å²) in [6.45, 7) is 5.18. The van der Waals surface area contributed by atoms with Crippen molar-refractivity contribution in [2.75, 3.05) is 13.2 Å². The lowest BCUT2D eigenvalue weighted by molar-refractivity contribution is 0.171. The first-order valence-electron chi connectivity index (χ1n) is 8.75. The Morgan fingerprint density at radius 2 is 1.92 bits per heavy atom. The fraction of sp³-hybridized carbons (Fsp3) is 0.368. The molecule has 4 rings (SSSR count). The smallest absolute Gasteiger partial charge is 0.161 e. The van der Waals surface area contributed by atoms with Crippen molar-refractivity contribution in [2.24, 2.45) is 0 Å². The van der Waals surface area contributed by atoms with E-state index in [9.17, 15) is 0 Å². The van der Waals surface area contributed by atoms with Gasteiger partial charge in [0.05, 0.1) is 24.4 Å². The maximum absolute atomic E-state index is 5.66. The maximum atomic E-state index is 5.66. The van der Waals surface area contributed by atoms with Crippen LogP contribution < -0.4 is 9.47 Å². The number of benzene rings is 1. The van der Waals surface area contributed by atoms with Gasteiger partial charge in [-0.15, -0.1) is 12.4 Å². The molecule has 6 nitrogen and oxygen atoms in total. The zero-order valence-corrected chi connectivity index (χ0v) is 15.6. The number of nitrogens with zero attached hydrogens (tertiary/aromatic N) is 4. The minimum absolute atomic E-state index is 0. The van der Waals surface area contributed by atoms with Crippen LogP contribution in [0, 0.1) is 0 Å². The molecular weight excluding hydrogens is 352 g/mol. The molecule has 0 aliphatic carbocycles. The number of fused-ring (bicyclic) bond motifs is 1. The second kappa shape index (κ2) is 8.27. The lowest BCUT2D eigenvalue weighted by Crippen LogP contribution is -2.15. The molecular formula is C19H23ClN4O2. The molecule has 0 radical (unpaired) electrons. The highest BCUT2D eigenvalue weighted by atomic mass is 35.5. The van der Waals surface area contributed by atoms with Crippen molar-refractivity contribution in [1.82, 2.24) is 19.3 Å². The van der Waals surface area contributed by atoms with Crippen molar-refractivity contribution in [3.05, 3.63) is 48.7 Å².